The van der Waals surface area contributed by atoms with Crippen molar-refractivity contribution >= 4 is 5.95 Å². The number of hydrogen-bond acceptors (Lipinski definition) is 8. The van der Waals surface area contributed by atoms with Crippen LogP contribution in [-0.4, -0.2) is 51.2 Å². The van der Waals surface area contributed by atoms with Crippen molar-refractivity contribution in [2.24, 2.45) is 0 Å². The van der Waals surface area contributed by atoms with Crippen molar-refractivity contribution in [2.45, 2.75) is 13.0 Å². The number of hydrogen-bond donors (Lipinski definition) is 0. The van der Waals surface area contributed by atoms with Crippen LogP contribution in [0.5, 0.6) is 0 Å². The molecule has 3 aromatic heterocycles. The summed E-state index contributed by atoms with van der Waals surface area (Å²) in [7, 11) is 0. The standard InChI is InChI=1S/C16H18N6O2/c1-4-13(23-11-1)15-20-19-14(24-15)12-21-7-3-8-22(10-9-21)16-17-5-2-6-18-16/h1-2,4-6,11H,3,7-10,12H2. The van der Waals surface area contributed by atoms with Crippen molar-refractivity contribution in [3.05, 3.63) is 42.7 Å². The molecule has 0 bridgehead atoms. The van der Waals surface area contributed by atoms with Crippen molar-refractivity contribution in [3.8, 4) is 11.7 Å². The predicted molar refractivity (Wildman–Crippen MR) is 86.1 cm³/mol. The minimum absolute atomic E-state index is 0.420. The number of rotatable bonds is 4. The first-order valence-electron chi connectivity index (χ1n) is 7.99. The lowest BCUT2D eigenvalue weighted by Gasteiger charge is -2.20. The van der Waals surface area contributed by atoms with Gasteiger partial charge in [0.2, 0.25) is 11.8 Å². The van der Waals surface area contributed by atoms with E-state index in [-0.39, 0.29) is 0 Å². The van der Waals surface area contributed by atoms with E-state index in [1.54, 1.807) is 30.8 Å². The summed E-state index contributed by atoms with van der Waals surface area (Å²) in [6.45, 7) is 4.33. The van der Waals surface area contributed by atoms with Gasteiger partial charge in [-0.15, -0.1) is 10.2 Å². The first-order chi connectivity index (χ1) is 11.9. The molecule has 1 aliphatic rings. The molecule has 3 aromatic rings. The number of anilines is 1. The van der Waals surface area contributed by atoms with E-state index in [2.05, 4.69) is 30.0 Å². The highest BCUT2D eigenvalue weighted by Gasteiger charge is 2.19. The normalized spacial score (nSPS) is 16.2. The van der Waals surface area contributed by atoms with E-state index in [0.717, 1.165) is 38.5 Å². The Balaban J connectivity index is 1.38. The Labute approximate surface area is 139 Å². The van der Waals surface area contributed by atoms with Gasteiger partial charge in [-0.25, -0.2) is 9.97 Å². The first kappa shape index (κ1) is 14.8. The van der Waals surface area contributed by atoms with E-state index in [1.165, 1.54) is 0 Å². The van der Waals surface area contributed by atoms with Crippen molar-refractivity contribution in [3.63, 3.8) is 0 Å². The smallest absolute Gasteiger partial charge is 0.283 e. The molecule has 0 aromatic carbocycles. The second kappa shape index (κ2) is 6.79. The molecule has 24 heavy (non-hydrogen) atoms. The van der Waals surface area contributed by atoms with Crippen LogP contribution >= 0.6 is 0 Å². The van der Waals surface area contributed by atoms with Gasteiger partial charge in [-0.1, -0.05) is 0 Å². The Kier molecular flexibility index (Phi) is 4.20. The van der Waals surface area contributed by atoms with Gasteiger partial charge in [0, 0.05) is 38.6 Å². The minimum atomic E-state index is 0.420. The highest BCUT2D eigenvalue weighted by Crippen LogP contribution is 2.19. The van der Waals surface area contributed by atoms with Crippen LogP contribution in [0, 0.1) is 0 Å². The molecule has 124 valence electrons. The number of aromatic nitrogens is 4. The third-order valence-electron chi connectivity index (χ3n) is 3.98. The maximum Gasteiger partial charge on any atom is 0.283 e. The van der Waals surface area contributed by atoms with Gasteiger partial charge in [0.1, 0.15) is 0 Å². The SMILES string of the molecule is c1cnc(N2CCCN(Cc3nnc(-c4ccco4)o3)CC2)nc1. The summed E-state index contributed by atoms with van der Waals surface area (Å²) in [6.07, 6.45) is 6.19. The third-order valence-corrected chi connectivity index (χ3v) is 3.98. The summed E-state index contributed by atoms with van der Waals surface area (Å²) in [5.74, 6) is 2.41. The van der Waals surface area contributed by atoms with Gasteiger partial charge in [0.15, 0.2) is 5.76 Å². The molecule has 0 spiro atoms. The van der Waals surface area contributed by atoms with Crippen LogP contribution in [0.25, 0.3) is 11.7 Å². The summed E-state index contributed by atoms with van der Waals surface area (Å²) in [4.78, 5) is 13.2. The second-order valence-electron chi connectivity index (χ2n) is 5.64. The van der Waals surface area contributed by atoms with Crippen molar-refractivity contribution in [1.29, 1.82) is 0 Å². The van der Waals surface area contributed by atoms with E-state index in [9.17, 15) is 0 Å². The first-order valence-corrected chi connectivity index (χ1v) is 7.99. The lowest BCUT2D eigenvalue weighted by Crippen LogP contribution is -2.31. The van der Waals surface area contributed by atoms with Gasteiger partial charge in [-0.3, -0.25) is 4.90 Å². The lowest BCUT2D eigenvalue weighted by molar-refractivity contribution is 0.255. The van der Waals surface area contributed by atoms with Crippen molar-refractivity contribution < 1.29 is 8.83 Å². The number of furan rings is 1. The van der Waals surface area contributed by atoms with Crippen LogP contribution in [0.3, 0.4) is 0 Å². The van der Waals surface area contributed by atoms with Crippen LogP contribution in [0.2, 0.25) is 0 Å². The van der Waals surface area contributed by atoms with Gasteiger partial charge >= 0.3 is 0 Å². The minimum Gasteiger partial charge on any atom is -0.459 e. The van der Waals surface area contributed by atoms with Crippen LogP contribution in [0.15, 0.2) is 45.7 Å². The van der Waals surface area contributed by atoms with Crippen LogP contribution in [0.4, 0.5) is 5.95 Å². The molecule has 1 aliphatic heterocycles. The van der Waals surface area contributed by atoms with Crippen LogP contribution in [0.1, 0.15) is 12.3 Å². The summed E-state index contributed by atoms with van der Waals surface area (Å²) < 4.78 is 11.0. The van der Waals surface area contributed by atoms with Gasteiger partial charge in [-0.05, 0) is 24.6 Å². The largest absolute Gasteiger partial charge is 0.459 e. The Morgan fingerprint density at radius 1 is 1.00 bits per heavy atom. The molecular formula is C16H18N6O2. The van der Waals surface area contributed by atoms with E-state index < -0.39 is 0 Å². The third kappa shape index (κ3) is 3.28. The van der Waals surface area contributed by atoms with E-state index >= 15 is 0 Å². The summed E-state index contributed by atoms with van der Waals surface area (Å²) in [5.41, 5.74) is 0. The molecule has 0 saturated carbocycles. The lowest BCUT2D eigenvalue weighted by atomic mass is 10.4. The highest BCUT2D eigenvalue weighted by molar-refractivity contribution is 5.42. The average molecular weight is 326 g/mol. The summed E-state index contributed by atoms with van der Waals surface area (Å²) in [6, 6.07) is 5.44. The predicted octanol–water partition coefficient (Wildman–Crippen LogP) is 1.83. The molecule has 0 radical (unpaired) electrons. The van der Waals surface area contributed by atoms with Crippen LogP contribution < -0.4 is 4.90 Å². The Bertz CT molecular complexity index is 758. The molecule has 4 rings (SSSR count). The van der Waals surface area contributed by atoms with E-state index in [4.69, 9.17) is 8.83 Å². The van der Waals surface area contributed by atoms with Crippen molar-refractivity contribution in [2.75, 3.05) is 31.1 Å². The second-order valence-corrected chi connectivity index (χ2v) is 5.64. The highest BCUT2D eigenvalue weighted by atomic mass is 16.4. The zero-order valence-electron chi connectivity index (χ0n) is 13.2. The van der Waals surface area contributed by atoms with Gasteiger partial charge in [-0.2, -0.15) is 0 Å². The molecule has 0 amide bonds. The van der Waals surface area contributed by atoms with Crippen molar-refractivity contribution in [1.82, 2.24) is 25.1 Å². The maximum atomic E-state index is 5.69. The summed E-state index contributed by atoms with van der Waals surface area (Å²) in [5, 5.41) is 8.16. The zero-order valence-corrected chi connectivity index (χ0v) is 13.2. The van der Waals surface area contributed by atoms with Crippen LogP contribution in [-0.2, 0) is 6.54 Å². The van der Waals surface area contributed by atoms with Gasteiger partial charge in [0.05, 0.1) is 12.8 Å². The molecule has 4 heterocycles. The molecule has 8 heteroatoms. The Morgan fingerprint density at radius 2 is 1.92 bits per heavy atom. The molecule has 0 unspecified atom stereocenters. The average Bonchev–Trinajstić information content (AvgIpc) is 3.25. The summed E-state index contributed by atoms with van der Waals surface area (Å²) >= 11 is 0. The van der Waals surface area contributed by atoms with Gasteiger partial charge in [0.25, 0.3) is 5.89 Å². The maximum absolute atomic E-state index is 5.69. The quantitative estimate of drug-likeness (QED) is 0.718. The Hall–Kier alpha value is -2.74. The zero-order chi connectivity index (χ0) is 16.2. The molecule has 1 fully saturated rings. The molecule has 1 saturated heterocycles. The van der Waals surface area contributed by atoms with E-state index in [0.29, 0.717) is 24.1 Å². The van der Waals surface area contributed by atoms with Gasteiger partial charge < -0.3 is 13.7 Å². The fourth-order valence-electron chi connectivity index (χ4n) is 2.79. The Morgan fingerprint density at radius 3 is 2.75 bits per heavy atom. The monoisotopic (exact) mass is 326 g/mol. The fourth-order valence-corrected chi connectivity index (χ4v) is 2.79. The molecule has 0 N–H and O–H groups in total. The molecular weight excluding hydrogens is 308 g/mol. The number of nitrogens with zero attached hydrogens (tertiary/aromatic N) is 6. The van der Waals surface area contributed by atoms with E-state index in [1.807, 2.05) is 6.07 Å². The molecule has 0 aliphatic carbocycles. The molecule has 0 atom stereocenters. The topological polar surface area (TPSA) is 84.3 Å². The fraction of sp³-hybridized carbons (Fsp3) is 0.375. The molecule has 8 nitrogen and oxygen atoms in total.